The van der Waals surface area contributed by atoms with Gasteiger partial charge in [0.15, 0.2) is 0 Å². The summed E-state index contributed by atoms with van der Waals surface area (Å²) in [7, 11) is 0. The molecule has 2 aromatic carbocycles. The molecule has 0 unspecified atom stereocenters. The zero-order chi connectivity index (χ0) is 20.8. The summed E-state index contributed by atoms with van der Waals surface area (Å²) < 4.78 is 0. The summed E-state index contributed by atoms with van der Waals surface area (Å²) in [6.07, 6.45) is 0. The molecule has 1 aliphatic heterocycles. The standard InChI is InChI=1S/C22H27ClN4O2/c1-16-5-3-6-17(2)22(16)25-21(29)15-27-11-9-26(10-12-27)14-20(28)24-19-8-4-7-18(23)13-19/h3-8,13H,9-12,14-15H2,1-2H3,(H,24,28)(H,25,29). The molecule has 0 aromatic heterocycles. The van der Waals surface area contributed by atoms with E-state index in [9.17, 15) is 9.59 Å². The van der Waals surface area contributed by atoms with Gasteiger partial charge < -0.3 is 10.6 Å². The Bertz CT molecular complexity index is 859. The maximum Gasteiger partial charge on any atom is 0.238 e. The fourth-order valence-electron chi connectivity index (χ4n) is 3.47. The number of anilines is 2. The Kier molecular flexibility index (Phi) is 7.25. The molecule has 0 saturated carbocycles. The molecule has 2 amide bonds. The second-order valence-corrected chi connectivity index (χ2v) is 7.86. The van der Waals surface area contributed by atoms with Crippen molar-refractivity contribution in [3.05, 3.63) is 58.6 Å². The third-order valence-corrected chi connectivity index (χ3v) is 5.29. The monoisotopic (exact) mass is 414 g/mol. The van der Waals surface area contributed by atoms with E-state index >= 15 is 0 Å². The molecule has 0 spiro atoms. The summed E-state index contributed by atoms with van der Waals surface area (Å²) in [6, 6.07) is 13.1. The van der Waals surface area contributed by atoms with E-state index in [1.807, 2.05) is 38.1 Å². The number of hydrogen-bond acceptors (Lipinski definition) is 4. The summed E-state index contributed by atoms with van der Waals surface area (Å²) >= 11 is 5.95. The Morgan fingerprint density at radius 1 is 0.862 bits per heavy atom. The molecule has 7 heteroatoms. The highest BCUT2D eigenvalue weighted by atomic mass is 35.5. The molecule has 0 atom stereocenters. The van der Waals surface area contributed by atoms with Crippen molar-refractivity contribution in [2.45, 2.75) is 13.8 Å². The Morgan fingerprint density at radius 2 is 1.38 bits per heavy atom. The number of para-hydroxylation sites is 1. The van der Waals surface area contributed by atoms with E-state index < -0.39 is 0 Å². The molecule has 0 radical (unpaired) electrons. The number of hydrogen-bond donors (Lipinski definition) is 2. The molecule has 1 fully saturated rings. The van der Waals surface area contributed by atoms with Gasteiger partial charge in [-0.3, -0.25) is 19.4 Å². The molecule has 29 heavy (non-hydrogen) atoms. The van der Waals surface area contributed by atoms with Gasteiger partial charge in [0.2, 0.25) is 11.8 Å². The number of nitrogens with one attached hydrogen (secondary N) is 2. The molecule has 3 rings (SSSR count). The molecule has 0 bridgehead atoms. The Balaban J connectivity index is 1.42. The highest BCUT2D eigenvalue weighted by Crippen LogP contribution is 2.19. The molecule has 2 N–H and O–H groups in total. The molecule has 6 nitrogen and oxygen atoms in total. The lowest BCUT2D eigenvalue weighted by molar-refractivity contribution is -0.120. The molecular formula is C22H27ClN4O2. The largest absolute Gasteiger partial charge is 0.325 e. The van der Waals surface area contributed by atoms with Crippen molar-refractivity contribution in [1.82, 2.24) is 9.80 Å². The van der Waals surface area contributed by atoms with Crippen LogP contribution in [0.5, 0.6) is 0 Å². The first-order chi connectivity index (χ1) is 13.9. The van der Waals surface area contributed by atoms with Gasteiger partial charge in [0, 0.05) is 42.6 Å². The summed E-state index contributed by atoms with van der Waals surface area (Å²) in [6.45, 7) is 7.69. The normalized spacial score (nSPS) is 15.1. The smallest absolute Gasteiger partial charge is 0.238 e. The maximum atomic E-state index is 12.4. The van der Waals surface area contributed by atoms with Crippen molar-refractivity contribution in [3.63, 3.8) is 0 Å². The zero-order valence-electron chi connectivity index (χ0n) is 16.9. The number of carbonyl (C=O) groups excluding carboxylic acids is 2. The van der Waals surface area contributed by atoms with Crippen LogP contribution in [0, 0.1) is 13.8 Å². The van der Waals surface area contributed by atoms with E-state index in [0.717, 1.165) is 43.0 Å². The van der Waals surface area contributed by atoms with Gasteiger partial charge in [-0.2, -0.15) is 0 Å². The minimum Gasteiger partial charge on any atom is -0.325 e. The summed E-state index contributed by atoms with van der Waals surface area (Å²) in [5.74, 6) is -0.0666. The minimum absolute atomic E-state index is 0.00505. The average molecular weight is 415 g/mol. The van der Waals surface area contributed by atoms with Crippen molar-refractivity contribution >= 4 is 34.8 Å². The fraction of sp³-hybridized carbons (Fsp3) is 0.364. The van der Waals surface area contributed by atoms with Gasteiger partial charge in [-0.15, -0.1) is 0 Å². The first-order valence-electron chi connectivity index (χ1n) is 9.77. The Labute approximate surface area is 176 Å². The van der Waals surface area contributed by atoms with Crippen LogP contribution in [0.15, 0.2) is 42.5 Å². The molecule has 154 valence electrons. The van der Waals surface area contributed by atoms with E-state index in [1.54, 1.807) is 18.2 Å². The van der Waals surface area contributed by atoms with E-state index in [-0.39, 0.29) is 11.8 Å². The number of nitrogens with zero attached hydrogens (tertiary/aromatic N) is 2. The Hall–Kier alpha value is -2.41. The molecule has 1 heterocycles. The number of benzene rings is 2. The number of piperazine rings is 1. The van der Waals surface area contributed by atoms with Crippen molar-refractivity contribution in [2.75, 3.05) is 49.9 Å². The quantitative estimate of drug-likeness (QED) is 0.762. The van der Waals surface area contributed by atoms with Crippen LogP contribution >= 0.6 is 11.6 Å². The van der Waals surface area contributed by atoms with Gasteiger partial charge >= 0.3 is 0 Å². The SMILES string of the molecule is Cc1cccc(C)c1NC(=O)CN1CCN(CC(=O)Nc2cccc(Cl)c2)CC1. The van der Waals surface area contributed by atoms with Gasteiger partial charge in [-0.1, -0.05) is 35.9 Å². The van der Waals surface area contributed by atoms with E-state index in [2.05, 4.69) is 20.4 Å². The molecule has 1 aliphatic rings. The van der Waals surface area contributed by atoms with Crippen molar-refractivity contribution in [3.8, 4) is 0 Å². The van der Waals surface area contributed by atoms with Gasteiger partial charge in [0.25, 0.3) is 0 Å². The van der Waals surface area contributed by atoms with E-state index in [1.165, 1.54) is 0 Å². The highest BCUT2D eigenvalue weighted by molar-refractivity contribution is 6.30. The molecule has 1 saturated heterocycles. The molecule has 2 aromatic rings. The van der Waals surface area contributed by atoms with Crippen LogP contribution < -0.4 is 10.6 Å². The Morgan fingerprint density at radius 3 is 1.93 bits per heavy atom. The van der Waals surface area contributed by atoms with Crippen molar-refractivity contribution in [2.24, 2.45) is 0 Å². The van der Waals surface area contributed by atoms with Gasteiger partial charge in [0.1, 0.15) is 0 Å². The van der Waals surface area contributed by atoms with Gasteiger partial charge in [0.05, 0.1) is 13.1 Å². The van der Waals surface area contributed by atoms with Crippen LogP contribution in [-0.2, 0) is 9.59 Å². The van der Waals surface area contributed by atoms with Crippen molar-refractivity contribution in [1.29, 1.82) is 0 Å². The predicted molar refractivity (Wildman–Crippen MR) is 118 cm³/mol. The first-order valence-corrected chi connectivity index (χ1v) is 10.1. The number of halogens is 1. The van der Waals surface area contributed by atoms with Crippen LogP contribution in [0.3, 0.4) is 0 Å². The number of carbonyl (C=O) groups is 2. The zero-order valence-corrected chi connectivity index (χ0v) is 17.6. The second-order valence-electron chi connectivity index (χ2n) is 7.43. The minimum atomic E-state index is -0.0616. The summed E-state index contributed by atoms with van der Waals surface area (Å²) in [5, 5.41) is 6.49. The van der Waals surface area contributed by atoms with Crippen LogP contribution in [0.4, 0.5) is 11.4 Å². The first kappa shape index (κ1) is 21.3. The molecule has 0 aliphatic carbocycles. The lowest BCUT2D eigenvalue weighted by Crippen LogP contribution is -2.50. The predicted octanol–water partition coefficient (Wildman–Crippen LogP) is 3.15. The van der Waals surface area contributed by atoms with Crippen LogP contribution in [0.1, 0.15) is 11.1 Å². The maximum absolute atomic E-state index is 12.4. The number of rotatable bonds is 6. The van der Waals surface area contributed by atoms with Crippen LogP contribution in [0.25, 0.3) is 0 Å². The topological polar surface area (TPSA) is 64.7 Å². The highest BCUT2D eigenvalue weighted by Gasteiger charge is 2.21. The summed E-state index contributed by atoms with van der Waals surface area (Å²) in [5.41, 5.74) is 3.72. The van der Waals surface area contributed by atoms with Crippen LogP contribution in [-0.4, -0.2) is 60.9 Å². The fourth-order valence-corrected chi connectivity index (χ4v) is 3.66. The third kappa shape index (κ3) is 6.29. The van der Waals surface area contributed by atoms with E-state index in [0.29, 0.717) is 23.8 Å². The van der Waals surface area contributed by atoms with E-state index in [4.69, 9.17) is 11.6 Å². The summed E-state index contributed by atoms with van der Waals surface area (Å²) in [4.78, 5) is 28.9. The van der Waals surface area contributed by atoms with Gasteiger partial charge in [-0.05, 0) is 43.2 Å². The lowest BCUT2D eigenvalue weighted by atomic mass is 10.1. The molecular weight excluding hydrogens is 388 g/mol. The average Bonchev–Trinajstić information content (AvgIpc) is 2.66. The number of aryl methyl sites for hydroxylation is 2. The van der Waals surface area contributed by atoms with Crippen molar-refractivity contribution < 1.29 is 9.59 Å². The van der Waals surface area contributed by atoms with Gasteiger partial charge in [-0.25, -0.2) is 0 Å². The third-order valence-electron chi connectivity index (χ3n) is 5.05. The lowest BCUT2D eigenvalue weighted by Gasteiger charge is -2.33. The second kappa shape index (κ2) is 9.87. The van der Waals surface area contributed by atoms with Crippen LogP contribution in [0.2, 0.25) is 5.02 Å². The number of amides is 2.